The SMILES string of the molecule is CN1CCN(C2=CCCc3ccc(-c4ccncc4)cc32)CC1. The van der Waals surface area contributed by atoms with Crippen LogP contribution in [-0.2, 0) is 6.42 Å². The van der Waals surface area contributed by atoms with Crippen LogP contribution in [0.3, 0.4) is 0 Å². The number of hydrogen-bond acceptors (Lipinski definition) is 3. The number of likely N-dealkylation sites (N-methyl/N-ethyl adjacent to an activating group) is 1. The van der Waals surface area contributed by atoms with Gasteiger partial charge in [0.2, 0.25) is 0 Å². The van der Waals surface area contributed by atoms with Gasteiger partial charge in [-0.1, -0.05) is 18.2 Å². The molecule has 0 N–H and O–H groups in total. The molecule has 0 amide bonds. The van der Waals surface area contributed by atoms with Gasteiger partial charge in [-0.2, -0.15) is 0 Å². The number of aromatic nitrogens is 1. The maximum Gasteiger partial charge on any atom is 0.0403 e. The lowest BCUT2D eigenvalue weighted by Gasteiger charge is -2.37. The highest BCUT2D eigenvalue weighted by molar-refractivity contribution is 5.75. The molecular weight excluding hydrogens is 282 g/mol. The van der Waals surface area contributed by atoms with Gasteiger partial charge in [-0.15, -0.1) is 0 Å². The van der Waals surface area contributed by atoms with Crippen molar-refractivity contribution in [1.82, 2.24) is 14.8 Å². The van der Waals surface area contributed by atoms with E-state index < -0.39 is 0 Å². The molecule has 3 heteroatoms. The highest BCUT2D eigenvalue weighted by atomic mass is 15.2. The highest BCUT2D eigenvalue weighted by Crippen LogP contribution is 2.33. The van der Waals surface area contributed by atoms with Gasteiger partial charge in [0.1, 0.15) is 0 Å². The summed E-state index contributed by atoms with van der Waals surface area (Å²) in [5.41, 5.74) is 6.88. The summed E-state index contributed by atoms with van der Waals surface area (Å²) in [7, 11) is 2.21. The van der Waals surface area contributed by atoms with Gasteiger partial charge < -0.3 is 9.80 Å². The van der Waals surface area contributed by atoms with Crippen molar-refractivity contribution < 1.29 is 0 Å². The van der Waals surface area contributed by atoms with Gasteiger partial charge in [0.15, 0.2) is 0 Å². The first-order valence-electron chi connectivity index (χ1n) is 8.48. The molecule has 1 aromatic heterocycles. The van der Waals surface area contributed by atoms with Crippen LogP contribution < -0.4 is 0 Å². The van der Waals surface area contributed by atoms with Gasteiger partial charge in [-0.25, -0.2) is 0 Å². The van der Waals surface area contributed by atoms with Crippen molar-refractivity contribution >= 4 is 5.70 Å². The minimum atomic E-state index is 1.13. The molecule has 0 unspecified atom stereocenters. The van der Waals surface area contributed by atoms with Crippen LogP contribution in [0.4, 0.5) is 0 Å². The number of hydrogen-bond donors (Lipinski definition) is 0. The molecule has 3 nitrogen and oxygen atoms in total. The molecule has 1 saturated heterocycles. The molecule has 118 valence electrons. The summed E-state index contributed by atoms with van der Waals surface area (Å²) in [6, 6.07) is 11.1. The minimum Gasteiger partial charge on any atom is -0.369 e. The van der Waals surface area contributed by atoms with E-state index in [9.17, 15) is 0 Å². The molecule has 2 heterocycles. The monoisotopic (exact) mass is 305 g/mol. The van der Waals surface area contributed by atoms with E-state index in [0.717, 1.165) is 39.0 Å². The molecule has 2 aliphatic rings. The quantitative estimate of drug-likeness (QED) is 0.849. The van der Waals surface area contributed by atoms with E-state index in [1.54, 1.807) is 0 Å². The number of piperazine rings is 1. The summed E-state index contributed by atoms with van der Waals surface area (Å²) >= 11 is 0. The lowest BCUT2D eigenvalue weighted by atomic mass is 9.90. The third-order valence-electron chi connectivity index (χ3n) is 4.99. The average molecular weight is 305 g/mol. The largest absolute Gasteiger partial charge is 0.369 e. The maximum absolute atomic E-state index is 4.13. The Labute approximate surface area is 138 Å². The predicted molar refractivity (Wildman–Crippen MR) is 95.0 cm³/mol. The van der Waals surface area contributed by atoms with E-state index in [0.29, 0.717) is 0 Å². The van der Waals surface area contributed by atoms with E-state index in [-0.39, 0.29) is 0 Å². The number of nitrogens with zero attached hydrogens (tertiary/aromatic N) is 3. The number of pyridine rings is 1. The molecule has 0 spiro atoms. The Morgan fingerprint density at radius 1 is 0.913 bits per heavy atom. The fraction of sp³-hybridized carbons (Fsp3) is 0.350. The van der Waals surface area contributed by atoms with E-state index in [2.05, 4.69) is 58.2 Å². The molecule has 1 aromatic carbocycles. The van der Waals surface area contributed by atoms with E-state index in [4.69, 9.17) is 0 Å². The van der Waals surface area contributed by atoms with Crippen LogP contribution in [0.15, 0.2) is 48.8 Å². The summed E-state index contributed by atoms with van der Waals surface area (Å²) < 4.78 is 0. The molecule has 1 aliphatic carbocycles. The van der Waals surface area contributed by atoms with Crippen LogP contribution in [0.1, 0.15) is 17.5 Å². The van der Waals surface area contributed by atoms with Gasteiger partial charge in [-0.3, -0.25) is 4.98 Å². The molecule has 0 saturated carbocycles. The molecule has 0 bridgehead atoms. The van der Waals surface area contributed by atoms with Crippen molar-refractivity contribution in [3.05, 3.63) is 59.9 Å². The van der Waals surface area contributed by atoms with Crippen LogP contribution >= 0.6 is 0 Å². The van der Waals surface area contributed by atoms with Crippen LogP contribution in [0.25, 0.3) is 16.8 Å². The summed E-state index contributed by atoms with van der Waals surface area (Å²) in [5.74, 6) is 0. The van der Waals surface area contributed by atoms with Crippen molar-refractivity contribution in [2.24, 2.45) is 0 Å². The molecule has 1 fully saturated rings. The Morgan fingerprint density at radius 2 is 1.70 bits per heavy atom. The molecule has 0 radical (unpaired) electrons. The Hall–Kier alpha value is -2.13. The number of aryl methyl sites for hydroxylation is 1. The van der Waals surface area contributed by atoms with E-state index in [1.165, 1.54) is 28.0 Å². The third-order valence-corrected chi connectivity index (χ3v) is 4.99. The third kappa shape index (κ3) is 2.89. The Kier molecular flexibility index (Phi) is 3.88. The molecule has 23 heavy (non-hydrogen) atoms. The summed E-state index contributed by atoms with van der Waals surface area (Å²) in [5, 5.41) is 0. The Bertz CT molecular complexity index is 713. The second-order valence-corrected chi connectivity index (χ2v) is 6.53. The van der Waals surface area contributed by atoms with Crippen molar-refractivity contribution in [3.8, 4) is 11.1 Å². The molecule has 1 aliphatic heterocycles. The zero-order valence-corrected chi connectivity index (χ0v) is 13.7. The van der Waals surface area contributed by atoms with Crippen LogP contribution in [0, 0.1) is 0 Å². The van der Waals surface area contributed by atoms with Gasteiger partial charge in [0.05, 0.1) is 0 Å². The molecule has 2 aromatic rings. The summed E-state index contributed by atoms with van der Waals surface area (Å²) in [4.78, 5) is 9.10. The topological polar surface area (TPSA) is 19.4 Å². The number of benzene rings is 1. The standard InChI is InChI=1S/C20H23N3/c1-22-11-13-23(14-12-22)20-4-2-3-17-5-6-18(15-19(17)20)16-7-9-21-10-8-16/h4-10,15H,2-3,11-14H2,1H3. The van der Waals surface area contributed by atoms with Gasteiger partial charge in [0, 0.05) is 49.8 Å². The van der Waals surface area contributed by atoms with Crippen LogP contribution in [0.5, 0.6) is 0 Å². The van der Waals surface area contributed by atoms with Crippen LogP contribution in [0.2, 0.25) is 0 Å². The predicted octanol–water partition coefficient (Wildman–Crippen LogP) is 3.28. The zero-order chi connectivity index (χ0) is 15.6. The van der Waals surface area contributed by atoms with Crippen molar-refractivity contribution in [2.45, 2.75) is 12.8 Å². The van der Waals surface area contributed by atoms with Gasteiger partial charge >= 0.3 is 0 Å². The normalized spacial score (nSPS) is 18.5. The Morgan fingerprint density at radius 3 is 2.48 bits per heavy atom. The second-order valence-electron chi connectivity index (χ2n) is 6.53. The zero-order valence-electron chi connectivity index (χ0n) is 13.7. The Balaban J connectivity index is 1.69. The first-order valence-corrected chi connectivity index (χ1v) is 8.48. The smallest absolute Gasteiger partial charge is 0.0403 e. The molecule has 4 rings (SSSR count). The number of rotatable bonds is 2. The van der Waals surface area contributed by atoms with Gasteiger partial charge in [0.25, 0.3) is 0 Å². The van der Waals surface area contributed by atoms with Crippen molar-refractivity contribution in [1.29, 1.82) is 0 Å². The molecular formula is C20H23N3. The second kappa shape index (κ2) is 6.17. The van der Waals surface area contributed by atoms with Crippen molar-refractivity contribution in [3.63, 3.8) is 0 Å². The first-order chi connectivity index (χ1) is 11.3. The lowest BCUT2D eigenvalue weighted by Crippen LogP contribution is -2.43. The minimum absolute atomic E-state index is 1.13. The fourth-order valence-corrected chi connectivity index (χ4v) is 3.58. The lowest BCUT2D eigenvalue weighted by molar-refractivity contribution is 0.206. The highest BCUT2D eigenvalue weighted by Gasteiger charge is 2.21. The number of fused-ring (bicyclic) bond motifs is 1. The van der Waals surface area contributed by atoms with Gasteiger partial charge in [-0.05, 0) is 54.8 Å². The van der Waals surface area contributed by atoms with Crippen LogP contribution in [-0.4, -0.2) is 48.0 Å². The summed E-state index contributed by atoms with van der Waals surface area (Å²) in [6.07, 6.45) is 8.48. The maximum atomic E-state index is 4.13. The summed E-state index contributed by atoms with van der Waals surface area (Å²) in [6.45, 7) is 4.55. The number of allylic oxidation sites excluding steroid dienone is 1. The fourth-order valence-electron chi connectivity index (χ4n) is 3.58. The first kappa shape index (κ1) is 14.5. The van der Waals surface area contributed by atoms with E-state index in [1.807, 2.05) is 12.4 Å². The van der Waals surface area contributed by atoms with E-state index >= 15 is 0 Å². The average Bonchev–Trinajstić information content (AvgIpc) is 2.62. The van der Waals surface area contributed by atoms with Crippen molar-refractivity contribution in [2.75, 3.05) is 33.2 Å². The molecule has 0 atom stereocenters.